The van der Waals surface area contributed by atoms with Crippen molar-refractivity contribution in [3.8, 4) is 0 Å². The Labute approximate surface area is 176 Å². The number of aromatic nitrogens is 1. The van der Waals surface area contributed by atoms with Gasteiger partial charge in [-0.3, -0.25) is 9.79 Å². The molecule has 156 valence electrons. The smallest absolute Gasteiger partial charge is 0.251 e. The van der Waals surface area contributed by atoms with E-state index in [1.54, 1.807) is 18.4 Å². The quantitative estimate of drug-likeness (QED) is 0.455. The molecule has 2 aromatic rings. The Balaban J connectivity index is 1.43. The van der Waals surface area contributed by atoms with Gasteiger partial charge in [-0.15, -0.1) is 11.3 Å². The van der Waals surface area contributed by atoms with Crippen molar-refractivity contribution in [1.29, 1.82) is 0 Å². The van der Waals surface area contributed by atoms with Crippen LogP contribution in [0.25, 0.3) is 0 Å². The lowest BCUT2D eigenvalue weighted by Gasteiger charge is -2.13. The molecule has 1 amide bonds. The number of carbonyl (C=O) groups is 1. The van der Waals surface area contributed by atoms with Crippen LogP contribution >= 0.6 is 11.3 Å². The lowest BCUT2D eigenvalue weighted by Crippen LogP contribution is -2.38. The van der Waals surface area contributed by atoms with Gasteiger partial charge >= 0.3 is 0 Å². The van der Waals surface area contributed by atoms with Crippen LogP contribution in [-0.4, -0.2) is 49.7 Å². The highest BCUT2D eigenvalue weighted by Crippen LogP contribution is 2.12. The molecule has 0 saturated carbocycles. The molecule has 1 unspecified atom stereocenters. The van der Waals surface area contributed by atoms with Crippen LogP contribution in [0.1, 0.15) is 38.6 Å². The van der Waals surface area contributed by atoms with Gasteiger partial charge in [-0.05, 0) is 37.5 Å². The summed E-state index contributed by atoms with van der Waals surface area (Å²) < 4.78 is 5.55. The fraction of sp³-hybridized carbons (Fsp3) is 0.476. The molecule has 1 fully saturated rings. The summed E-state index contributed by atoms with van der Waals surface area (Å²) in [5.74, 6) is 0.662. The Kier molecular flexibility index (Phi) is 8.01. The Bertz CT molecular complexity index is 830. The summed E-state index contributed by atoms with van der Waals surface area (Å²) in [6.07, 6.45) is 4.99. The maximum Gasteiger partial charge on any atom is 0.251 e. The van der Waals surface area contributed by atoms with Crippen molar-refractivity contribution >= 4 is 23.2 Å². The van der Waals surface area contributed by atoms with E-state index >= 15 is 0 Å². The Morgan fingerprint density at radius 1 is 1.34 bits per heavy atom. The molecule has 3 N–H and O–H groups in total. The van der Waals surface area contributed by atoms with Gasteiger partial charge in [0, 0.05) is 56.3 Å². The van der Waals surface area contributed by atoms with Crippen LogP contribution < -0.4 is 16.0 Å². The molecule has 0 aliphatic carbocycles. The van der Waals surface area contributed by atoms with E-state index in [1.807, 2.05) is 30.5 Å². The molecule has 0 spiro atoms. The lowest BCUT2D eigenvalue weighted by molar-refractivity contribution is 0.0857. The number of hydrogen-bond acceptors (Lipinski definition) is 5. The minimum absolute atomic E-state index is 0.0661. The second-order valence-electron chi connectivity index (χ2n) is 7.01. The molecule has 7 nitrogen and oxygen atoms in total. The van der Waals surface area contributed by atoms with Gasteiger partial charge in [-0.2, -0.15) is 0 Å². The standard InChI is InChI=1S/C21H29N5O2S/c1-15-12-24-19(29-15)8-9-23-21(22-2)26-13-16-5-3-6-17(11-16)20(27)25-14-18-7-4-10-28-18/h3,5-6,11-12,18H,4,7-10,13-14H2,1-2H3,(H,25,27)(H2,22,23,26). The molecule has 1 saturated heterocycles. The first-order chi connectivity index (χ1) is 14.1. The molecule has 1 aromatic carbocycles. The number of nitrogens with zero attached hydrogens (tertiary/aromatic N) is 2. The molecule has 0 bridgehead atoms. The van der Waals surface area contributed by atoms with Crippen LogP contribution in [0.15, 0.2) is 35.5 Å². The van der Waals surface area contributed by atoms with E-state index in [2.05, 4.69) is 32.9 Å². The molecule has 1 aliphatic heterocycles. The van der Waals surface area contributed by atoms with Gasteiger partial charge in [0.1, 0.15) is 0 Å². The third kappa shape index (κ3) is 6.83. The minimum Gasteiger partial charge on any atom is -0.376 e. The summed E-state index contributed by atoms with van der Waals surface area (Å²) in [5, 5.41) is 10.7. The summed E-state index contributed by atoms with van der Waals surface area (Å²) in [7, 11) is 1.75. The highest BCUT2D eigenvalue weighted by Gasteiger charge is 2.16. The number of aliphatic imine (C=N–C) groups is 1. The highest BCUT2D eigenvalue weighted by molar-refractivity contribution is 7.11. The maximum absolute atomic E-state index is 12.4. The Morgan fingerprint density at radius 3 is 2.97 bits per heavy atom. The number of ether oxygens (including phenoxy) is 1. The SMILES string of the molecule is CN=C(NCCc1ncc(C)s1)NCc1cccc(C(=O)NCC2CCCO2)c1. The van der Waals surface area contributed by atoms with E-state index in [4.69, 9.17) is 4.74 Å². The number of nitrogens with one attached hydrogen (secondary N) is 3. The summed E-state index contributed by atoms with van der Waals surface area (Å²) >= 11 is 1.72. The number of thiazole rings is 1. The van der Waals surface area contributed by atoms with E-state index < -0.39 is 0 Å². The number of amides is 1. The highest BCUT2D eigenvalue weighted by atomic mass is 32.1. The van der Waals surface area contributed by atoms with Crippen molar-refractivity contribution < 1.29 is 9.53 Å². The monoisotopic (exact) mass is 415 g/mol. The molecular weight excluding hydrogens is 386 g/mol. The van der Waals surface area contributed by atoms with E-state index in [0.29, 0.717) is 18.7 Å². The van der Waals surface area contributed by atoms with Gasteiger partial charge in [0.05, 0.1) is 11.1 Å². The molecule has 1 aliphatic rings. The van der Waals surface area contributed by atoms with Crippen molar-refractivity contribution in [1.82, 2.24) is 20.9 Å². The number of rotatable bonds is 8. The molecule has 0 radical (unpaired) electrons. The van der Waals surface area contributed by atoms with Gasteiger partial charge in [0.25, 0.3) is 5.91 Å². The molecule has 29 heavy (non-hydrogen) atoms. The van der Waals surface area contributed by atoms with Crippen molar-refractivity contribution in [3.63, 3.8) is 0 Å². The predicted molar refractivity (Wildman–Crippen MR) is 117 cm³/mol. The lowest BCUT2D eigenvalue weighted by atomic mass is 10.1. The second kappa shape index (κ2) is 10.9. The number of carbonyl (C=O) groups excluding carboxylic acids is 1. The zero-order valence-electron chi connectivity index (χ0n) is 17.0. The van der Waals surface area contributed by atoms with Crippen LogP contribution in [0.4, 0.5) is 0 Å². The summed E-state index contributed by atoms with van der Waals surface area (Å²) in [4.78, 5) is 22.2. The van der Waals surface area contributed by atoms with Crippen LogP contribution in [0, 0.1) is 6.92 Å². The minimum atomic E-state index is -0.0661. The largest absolute Gasteiger partial charge is 0.376 e. The van der Waals surface area contributed by atoms with Crippen molar-refractivity contribution in [2.45, 2.75) is 38.8 Å². The number of benzene rings is 1. The summed E-state index contributed by atoms with van der Waals surface area (Å²) in [6.45, 7) is 4.77. The van der Waals surface area contributed by atoms with E-state index in [0.717, 1.165) is 48.9 Å². The van der Waals surface area contributed by atoms with Gasteiger partial charge in [-0.25, -0.2) is 4.98 Å². The van der Waals surface area contributed by atoms with Crippen molar-refractivity contribution in [2.24, 2.45) is 4.99 Å². The van der Waals surface area contributed by atoms with Crippen LogP contribution in [0.5, 0.6) is 0 Å². The average Bonchev–Trinajstić information content (AvgIpc) is 3.40. The molecule has 8 heteroatoms. The van der Waals surface area contributed by atoms with Crippen molar-refractivity contribution in [2.75, 3.05) is 26.7 Å². The fourth-order valence-electron chi connectivity index (χ4n) is 3.15. The van der Waals surface area contributed by atoms with E-state index in [-0.39, 0.29) is 12.0 Å². The van der Waals surface area contributed by atoms with Crippen LogP contribution in [0.2, 0.25) is 0 Å². The van der Waals surface area contributed by atoms with E-state index in [9.17, 15) is 4.79 Å². The maximum atomic E-state index is 12.4. The first kappa shape index (κ1) is 21.3. The van der Waals surface area contributed by atoms with E-state index in [1.165, 1.54) is 4.88 Å². The zero-order chi connectivity index (χ0) is 20.5. The molecule has 1 atom stereocenters. The third-order valence-corrected chi connectivity index (χ3v) is 5.66. The fourth-order valence-corrected chi connectivity index (χ4v) is 3.93. The van der Waals surface area contributed by atoms with Crippen LogP contribution in [-0.2, 0) is 17.7 Å². The Hall–Kier alpha value is -2.45. The topological polar surface area (TPSA) is 87.6 Å². The molecule has 3 rings (SSSR count). The van der Waals surface area contributed by atoms with Crippen LogP contribution in [0.3, 0.4) is 0 Å². The van der Waals surface area contributed by atoms with Gasteiger partial charge in [-0.1, -0.05) is 12.1 Å². The number of aryl methyl sites for hydroxylation is 1. The van der Waals surface area contributed by atoms with Gasteiger partial charge < -0.3 is 20.7 Å². The first-order valence-electron chi connectivity index (χ1n) is 9.98. The number of hydrogen-bond donors (Lipinski definition) is 3. The second-order valence-corrected chi connectivity index (χ2v) is 8.33. The molecular formula is C21H29N5O2S. The third-order valence-electron chi connectivity index (χ3n) is 4.69. The Morgan fingerprint density at radius 2 is 2.24 bits per heavy atom. The summed E-state index contributed by atoms with van der Waals surface area (Å²) in [5.41, 5.74) is 1.68. The average molecular weight is 416 g/mol. The molecule has 1 aromatic heterocycles. The molecule has 2 heterocycles. The predicted octanol–water partition coefficient (Wildman–Crippen LogP) is 2.27. The van der Waals surface area contributed by atoms with Crippen molar-refractivity contribution in [3.05, 3.63) is 51.5 Å². The zero-order valence-corrected chi connectivity index (χ0v) is 17.8. The van der Waals surface area contributed by atoms with Gasteiger partial charge in [0.15, 0.2) is 5.96 Å². The first-order valence-corrected chi connectivity index (χ1v) is 10.8. The normalized spacial score (nSPS) is 16.6. The van der Waals surface area contributed by atoms with Gasteiger partial charge in [0.2, 0.25) is 0 Å². The summed E-state index contributed by atoms with van der Waals surface area (Å²) in [6, 6.07) is 7.63. The number of guanidine groups is 1.